The second-order valence-corrected chi connectivity index (χ2v) is 20.2. The summed E-state index contributed by atoms with van der Waals surface area (Å²) >= 11 is 1.87. The van der Waals surface area contributed by atoms with E-state index in [1.807, 2.05) is 17.4 Å². The zero-order valence-corrected chi connectivity index (χ0v) is 40.0. The van der Waals surface area contributed by atoms with Gasteiger partial charge in [0.1, 0.15) is 0 Å². The van der Waals surface area contributed by atoms with Crippen LogP contribution in [0, 0.1) is 0 Å². The van der Waals surface area contributed by atoms with Crippen molar-refractivity contribution in [2.45, 2.75) is 5.41 Å². The fourth-order valence-corrected chi connectivity index (χ4v) is 13.6. The summed E-state index contributed by atoms with van der Waals surface area (Å²) in [5, 5.41) is 11.2. The van der Waals surface area contributed by atoms with Gasteiger partial charge in [0.2, 0.25) is 0 Å². The van der Waals surface area contributed by atoms with Crippen LogP contribution >= 0.6 is 11.3 Å². The van der Waals surface area contributed by atoms with Crippen LogP contribution in [-0.4, -0.2) is 0 Å². The molecule has 0 bridgehead atoms. The van der Waals surface area contributed by atoms with Gasteiger partial charge in [-0.2, -0.15) is 0 Å². The van der Waals surface area contributed by atoms with Crippen molar-refractivity contribution in [3.8, 4) is 44.5 Å². The van der Waals surface area contributed by atoms with E-state index in [-0.39, 0.29) is 0 Å². The lowest BCUT2D eigenvalue weighted by Crippen LogP contribution is -2.26. The third kappa shape index (κ3) is 6.01. The third-order valence-electron chi connectivity index (χ3n) is 15.4. The highest BCUT2D eigenvalue weighted by molar-refractivity contribution is 7.26. The highest BCUT2D eigenvalue weighted by Gasteiger charge is 2.53. The summed E-state index contributed by atoms with van der Waals surface area (Å²) in [5.74, 6) is 0. The molecule has 2 aliphatic carbocycles. The Morgan fingerprint density at radius 1 is 0.347 bits per heavy atom. The summed E-state index contributed by atoms with van der Waals surface area (Å²) < 4.78 is 2.59. The molecule has 1 aromatic heterocycles. The van der Waals surface area contributed by atoms with Crippen molar-refractivity contribution < 1.29 is 0 Å². The molecule has 15 rings (SSSR count). The summed E-state index contributed by atoms with van der Waals surface area (Å²) in [7, 11) is 0. The van der Waals surface area contributed by atoms with Crippen LogP contribution in [0.5, 0.6) is 0 Å². The van der Waals surface area contributed by atoms with E-state index in [0.29, 0.717) is 0 Å². The summed E-state index contributed by atoms with van der Waals surface area (Å²) in [5.41, 5.74) is 20.5. The topological polar surface area (TPSA) is 15.3 Å². The summed E-state index contributed by atoms with van der Waals surface area (Å²) in [6.45, 7) is 0. The molecule has 1 spiro atoms. The number of hydrogen-bond donors (Lipinski definition) is 1. The maximum Gasteiger partial charge on any atom is 0.0731 e. The normalized spacial score (nSPS) is 12.8. The van der Waals surface area contributed by atoms with E-state index in [2.05, 4.69) is 265 Å². The number of anilines is 5. The first-order chi connectivity index (χ1) is 35.7. The maximum absolute atomic E-state index is 3.55. The van der Waals surface area contributed by atoms with E-state index in [9.17, 15) is 0 Å². The number of nitrogens with zero attached hydrogens (tertiary/aromatic N) is 1. The molecule has 336 valence electrons. The lowest BCUT2D eigenvalue weighted by atomic mass is 9.69. The minimum atomic E-state index is -0.546. The van der Waals surface area contributed by atoms with Crippen molar-refractivity contribution in [2.75, 3.05) is 10.2 Å². The molecule has 1 heterocycles. The summed E-state index contributed by atoms with van der Waals surface area (Å²) in [4.78, 5) is 2.43. The van der Waals surface area contributed by atoms with Crippen molar-refractivity contribution in [1.29, 1.82) is 0 Å². The fourth-order valence-electron chi connectivity index (χ4n) is 12.4. The monoisotopic (exact) mass is 932 g/mol. The number of rotatable bonds is 7. The van der Waals surface area contributed by atoms with Crippen molar-refractivity contribution in [3.05, 3.63) is 283 Å². The van der Waals surface area contributed by atoms with Crippen LogP contribution in [0.25, 0.3) is 86.2 Å². The molecular formula is C69H44N2S. The number of thiophene rings is 1. The van der Waals surface area contributed by atoms with Gasteiger partial charge in [-0.15, -0.1) is 11.3 Å². The molecule has 0 saturated carbocycles. The molecule has 13 aromatic rings. The van der Waals surface area contributed by atoms with Crippen LogP contribution < -0.4 is 10.2 Å². The number of nitrogens with one attached hydrogen (secondary N) is 1. The molecule has 72 heavy (non-hydrogen) atoms. The van der Waals surface area contributed by atoms with Crippen LogP contribution in [0.2, 0.25) is 0 Å². The third-order valence-corrected chi connectivity index (χ3v) is 16.6. The van der Waals surface area contributed by atoms with E-state index in [1.165, 1.54) is 114 Å². The predicted octanol–water partition coefficient (Wildman–Crippen LogP) is 19.3. The van der Waals surface area contributed by atoms with Crippen molar-refractivity contribution in [1.82, 2.24) is 0 Å². The van der Waals surface area contributed by atoms with Gasteiger partial charge in [-0.1, -0.05) is 188 Å². The van der Waals surface area contributed by atoms with Crippen molar-refractivity contribution in [3.63, 3.8) is 0 Å². The molecule has 12 aromatic carbocycles. The van der Waals surface area contributed by atoms with Gasteiger partial charge in [-0.25, -0.2) is 0 Å². The Hall–Kier alpha value is -9.02. The first kappa shape index (κ1) is 40.8. The highest BCUT2D eigenvalue weighted by atomic mass is 32.1. The van der Waals surface area contributed by atoms with E-state index in [4.69, 9.17) is 0 Å². The highest BCUT2D eigenvalue weighted by Crippen LogP contribution is 2.66. The molecular weight excluding hydrogens is 889 g/mol. The molecule has 0 fully saturated rings. The predicted molar refractivity (Wildman–Crippen MR) is 306 cm³/mol. The summed E-state index contributed by atoms with van der Waals surface area (Å²) in [6.07, 6.45) is 0. The smallest absolute Gasteiger partial charge is 0.0731 e. The average molecular weight is 933 g/mol. The van der Waals surface area contributed by atoms with Crippen molar-refractivity contribution >= 4 is 81.5 Å². The Morgan fingerprint density at radius 3 is 1.71 bits per heavy atom. The zero-order valence-electron chi connectivity index (χ0n) is 39.2. The second-order valence-electron chi connectivity index (χ2n) is 19.2. The lowest BCUT2D eigenvalue weighted by Gasteiger charge is -2.32. The van der Waals surface area contributed by atoms with E-state index in [0.717, 1.165) is 22.7 Å². The van der Waals surface area contributed by atoms with E-state index < -0.39 is 5.41 Å². The van der Waals surface area contributed by atoms with Crippen LogP contribution in [0.4, 0.5) is 28.4 Å². The Balaban J connectivity index is 0.913. The first-order valence-corrected chi connectivity index (χ1v) is 25.6. The van der Waals surface area contributed by atoms with Crippen LogP contribution in [0.1, 0.15) is 22.3 Å². The molecule has 1 N–H and O–H groups in total. The minimum Gasteiger partial charge on any atom is -0.356 e. The van der Waals surface area contributed by atoms with Gasteiger partial charge in [0.25, 0.3) is 0 Å². The SMILES string of the molecule is c1ccc(Nc2ccc(-c3ccc4c5c(ccc4c3)-c3c(cc(-c4ccc(N(c6ccccc6)c6cccc7c6sc6ccccc67)cc4)c4ccccc34)C53c4ccccc4-c4ccccc43)cc2)cc1. The lowest BCUT2D eigenvalue weighted by molar-refractivity contribution is 0.802. The number of benzene rings is 12. The maximum atomic E-state index is 3.55. The molecule has 0 amide bonds. The number of fused-ring (bicyclic) bond motifs is 17. The van der Waals surface area contributed by atoms with E-state index >= 15 is 0 Å². The Morgan fingerprint density at radius 2 is 0.944 bits per heavy atom. The second kappa shape index (κ2) is 16.0. The average Bonchev–Trinajstić information content (AvgIpc) is 4.08. The summed E-state index contributed by atoms with van der Waals surface area (Å²) in [6, 6.07) is 96.7. The van der Waals surface area contributed by atoms with Gasteiger partial charge >= 0.3 is 0 Å². The molecule has 0 aliphatic heterocycles. The van der Waals surface area contributed by atoms with Crippen LogP contribution in [0.3, 0.4) is 0 Å². The Kier molecular flexibility index (Phi) is 9.08. The van der Waals surface area contributed by atoms with Gasteiger partial charge in [0.05, 0.1) is 15.8 Å². The van der Waals surface area contributed by atoms with Crippen LogP contribution in [-0.2, 0) is 5.41 Å². The quantitative estimate of drug-likeness (QED) is 0.171. The van der Waals surface area contributed by atoms with Gasteiger partial charge < -0.3 is 10.2 Å². The molecule has 2 aliphatic rings. The molecule has 3 heteroatoms. The molecule has 0 unspecified atom stereocenters. The van der Waals surface area contributed by atoms with Gasteiger partial charge in [-0.3, -0.25) is 0 Å². The Bertz CT molecular complexity index is 4240. The van der Waals surface area contributed by atoms with Crippen molar-refractivity contribution in [2.24, 2.45) is 0 Å². The molecule has 2 nitrogen and oxygen atoms in total. The number of para-hydroxylation sites is 2. The largest absolute Gasteiger partial charge is 0.356 e. The van der Waals surface area contributed by atoms with Gasteiger partial charge in [0.15, 0.2) is 0 Å². The minimum absolute atomic E-state index is 0.546. The van der Waals surface area contributed by atoms with Gasteiger partial charge in [0, 0.05) is 38.2 Å². The number of hydrogen-bond acceptors (Lipinski definition) is 3. The Labute approximate surface area is 422 Å². The fraction of sp³-hybridized carbons (Fsp3) is 0.0145. The first-order valence-electron chi connectivity index (χ1n) is 24.8. The standard InChI is InChI=1S/C69H44N2S/c1-3-16-48(17-4-1)70-49-36-30-44(31-37-49)46-34-40-52-47(42-46)35-41-59-66-57-24-8-7-20-53(57)60(43-63(66)69(67(52)59)61-26-12-9-21-54(61)55-22-10-13-27-62(55)69)45-32-38-51(39-33-45)71(50-18-5-2-6-19-50)64-28-15-25-58-56-23-11-14-29-65(56)72-68(58)64/h1-43,70H. The molecule has 0 atom stereocenters. The van der Waals surface area contributed by atoms with Crippen LogP contribution in [0.15, 0.2) is 261 Å². The molecule has 0 radical (unpaired) electrons. The van der Waals surface area contributed by atoms with E-state index in [1.54, 1.807) is 0 Å². The zero-order chi connectivity index (χ0) is 47.3. The van der Waals surface area contributed by atoms with Gasteiger partial charge in [-0.05, 0) is 161 Å². The molecule has 0 saturated heterocycles.